The van der Waals surface area contributed by atoms with Gasteiger partial charge in [-0.25, -0.2) is 4.39 Å². The Morgan fingerprint density at radius 1 is 1.17 bits per heavy atom. The number of alkyl halides is 3. The Hall–Kier alpha value is -2.37. The summed E-state index contributed by atoms with van der Waals surface area (Å²) >= 11 is 0. The molecule has 0 atom stereocenters. The van der Waals surface area contributed by atoms with Gasteiger partial charge in [0.15, 0.2) is 0 Å². The smallest absolute Gasteiger partial charge is 0.297 e. The van der Waals surface area contributed by atoms with Crippen molar-refractivity contribution in [2.24, 2.45) is 4.99 Å². The fraction of sp³-hybridized carbons (Fsp3) is 0.333. The molecule has 0 fully saturated rings. The fourth-order valence-electron chi connectivity index (χ4n) is 2.80. The first-order valence-electron chi connectivity index (χ1n) is 7.48. The number of aliphatic imine (C=N–C) groups is 1. The molecule has 0 radical (unpaired) electrons. The molecular formula is C18H17F3N2O. The third-order valence-electron chi connectivity index (χ3n) is 4.23. The summed E-state index contributed by atoms with van der Waals surface area (Å²) in [5, 5.41) is 0. The summed E-state index contributed by atoms with van der Waals surface area (Å²) in [4.78, 5) is 8.32. The Labute approximate surface area is 138 Å². The highest BCUT2D eigenvalue weighted by atomic mass is 19.3. The van der Waals surface area contributed by atoms with Crippen LogP contribution in [0.25, 0.3) is 0 Å². The van der Waals surface area contributed by atoms with Crippen LogP contribution >= 0.6 is 0 Å². The zero-order chi connectivity index (χ0) is 17.5. The van der Waals surface area contributed by atoms with E-state index in [1.807, 2.05) is 0 Å². The highest BCUT2D eigenvalue weighted by Crippen LogP contribution is 2.46. The van der Waals surface area contributed by atoms with Gasteiger partial charge in [-0.1, -0.05) is 24.3 Å². The number of methoxy groups -OCH3 is 1. The van der Waals surface area contributed by atoms with Gasteiger partial charge in [0, 0.05) is 22.9 Å². The van der Waals surface area contributed by atoms with Gasteiger partial charge in [0.1, 0.15) is 23.7 Å². The van der Waals surface area contributed by atoms with E-state index in [-0.39, 0.29) is 17.0 Å². The van der Waals surface area contributed by atoms with Crippen LogP contribution in [0.15, 0.2) is 41.5 Å². The van der Waals surface area contributed by atoms with Gasteiger partial charge in [0.05, 0.1) is 12.8 Å². The lowest BCUT2D eigenvalue weighted by molar-refractivity contribution is -0.0681. The number of pyridine rings is 1. The van der Waals surface area contributed by atoms with E-state index < -0.39 is 18.1 Å². The summed E-state index contributed by atoms with van der Waals surface area (Å²) in [6.45, 7) is 2.02. The largest absolute Gasteiger partial charge is 0.495 e. The summed E-state index contributed by atoms with van der Waals surface area (Å²) in [6, 6.07) is 7.86. The molecule has 0 bridgehead atoms. The standard InChI is InChI=1S/C18H17F3N2O/c1-17(2)18(20,21)13-7-5-4-6-12(13)16(23-17)11-8-15(24-3)14(9-19)22-10-11/h4-8,10H,9H2,1-3H3. The highest BCUT2D eigenvalue weighted by Gasteiger charge is 2.52. The molecule has 0 N–H and O–H groups in total. The lowest BCUT2D eigenvalue weighted by atomic mass is 9.82. The molecule has 0 saturated carbocycles. The van der Waals surface area contributed by atoms with E-state index >= 15 is 0 Å². The summed E-state index contributed by atoms with van der Waals surface area (Å²) in [6.07, 6.45) is 1.44. The Morgan fingerprint density at radius 2 is 1.88 bits per heavy atom. The van der Waals surface area contributed by atoms with E-state index in [2.05, 4.69) is 9.98 Å². The third-order valence-corrected chi connectivity index (χ3v) is 4.23. The van der Waals surface area contributed by atoms with Gasteiger partial charge in [-0.05, 0) is 19.9 Å². The van der Waals surface area contributed by atoms with Crippen LogP contribution in [-0.4, -0.2) is 23.3 Å². The van der Waals surface area contributed by atoms with E-state index in [4.69, 9.17) is 4.74 Å². The van der Waals surface area contributed by atoms with Gasteiger partial charge < -0.3 is 4.74 Å². The van der Waals surface area contributed by atoms with Gasteiger partial charge in [0.25, 0.3) is 5.92 Å². The van der Waals surface area contributed by atoms with Crippen molar-refractivity contribution >= 4 is 5.71 Å². The molecule has 0 aliphatic carbocycles. The summed E-state index contributed by atoms with van der Waals surface area (Å²) in [5.74, 6) is -2.82. The molecule has 24 heavy (non-hydrogen) atoms. The van der Waals surface area contributed by atoms with Gasteiger partial charge in [-0.3, -0.25) is 9.98 Å². The lowest BCUT2D eigenvalue weighted by Crippen LogP contribution is -2.44. The predicted octanol–water partition coefficient (Wildman–Crippen LogP) is 4.28. The molecule has 3 rings (SSSR count). The second-order valence-electron chi connectivity index (χ2n) is 6.15. The van der Waals surface area contributed by atoms with Crippen molar-refractivity contribution in [3.8, 4) is 5.75 Å². The zero-order valence-electron chi connectivity index (χ0n) is 13.6. The number of rotatable bonds is 3. The first kappa shape index (κ1) is 16.5. The summed E-state index contributed by atoms with van der Waals surface area (Å²) in [7, 11) is 1.41. The monoisotopic (exact) mass is 334 g/mol. The third kappa shape index (κ3) is 2.37. The molecule has 1 aromatic carbocycles. The normalized spacial score (nSPS) is 17.8. The second-order valence-corrected chi connectivity index (χ2v) is 6.15. The molecule has 0 saturated heterocycles. The lowest BCUT2D eigenvalue weighted by Gasteiger charge is -2.37. The number of hydrogen-bond acceptors (Lipinski definition) is 3. The molecule has 0 unspecified atom stereocenters. The zero-order valence-corrected chi connectivity index (χ0v) is 13.6. The average molecular weight is 334 g/mol. The second kappa shape index (κ2) is 5.61. The maximum atomic E-state index is 14.7. The van der Waals surface area contributed by atoms with Crippen molar-refractivity contribution in [1.29, 1.82) is 0 Å². The number of benzene rings is 1. The molecule has 3 nitrogen and oxygen atoms in total. The first-order valence-corrected chi connectivity index (χ1v) is 7.48. The molecule has 1 aliphatic rings. The predicted molar refractivity (Wildman–Crippen MR) is 85.7 cm³/mol. The van der Waals surface area contributed by atoms with Gasteiger partial charge in [-0.15, -0.1) is 0 Å². The molecular weight excluding hydrogens is 317 g/mol. The van der Waals surface area contributed by atoms with Crippen LogP contribution in [-0.2, 0) is 12.6 Å². The molecule has 0 amide bonds. The molecule has 0 spiro atoms. The van der Waals surface area contributed by atoms with E-state index in [9.17, 15) is 13.2 Å². The molecule has 126 valence electrons. The molecule has 6 heteroatoms. The number of aromatic nitrogens is 1. The Kier molecular flexibility index (Phi) is 3.86. The van der Waals surface area contributed by atoms with Crippen molar-refractivity contribution in [2.75, 3.05) is 7.11 Å². The summed E-state index contributed by atoms with van der Waals surface area (Å²) < 4.78 is 47.5. The quantitative estimate of drug-likeness (QED) is 0.839. The SMILES string of the molecule is COc1cc(C2=NC(C)(C)C(F)(F)c3ccccc32)cnc1CF. The molecule has 1 aliphatic heterocycles. The molecule has 2 heterocycles. The first-order chi connectivity index (χ1) is 11.3. The number of halogens is 3. The van der Waals surface area contributed by atoms with E-state index in [1.165, 1.54) is 33.2 Å². The molecule has 1 aromatic heterocycles. The van der Waals surface area contributed by atoms with Crippen LogP contribution < -0.4 is 4.74 Å². The van der Waals surface area contributed by atoms with E-state index in [0.29, 0.717) is 16.8 Å². The maximum Gasteiger partial charge on any atom is 0.297 e. The van der Waals surface area contributed by atoms with Crippen molar-refractivity contribution in [1.82, 2.24) is 4.98 Å². The van der Waals surface area contributed by atoms with E-state index in [0.717, 1.165) is 0 Å². The van der Waals surface area contributed by atoms with Gasteiger partial charge in [-0.2, -0.15) is 8.78 Å². The Morgan fingerprint density at radius 3 is 2.54 bits per heavy atom. The number of nitrogens with zero attached hydrogens (tertiary/aromatic N) is 2. The van der Waals surface area contributed by atoms with Gasteiger partial charge >= 0.3 is 0 Å². The van der Waals surface area contributed by atoms with Crippen LogP contribution in [0.3, 0.4) is 0 Å². The minimum Gasteiger partial charge on any atom is -0.495 e. The van der Waals surface area contributed by atoms with Crippen LogP contribution in [0.1, 0.15) is 36.2 Å². The van der Waals surface area contributed by atoms with E-state index in [1.54, 1.807) is 24.3 Å². The van der Waals surface area contributed by atoms with Crippen molar-refractivity contribution in [3.05, 3.63) is 58.9 Å². The van der Waals surface area contributed by atoms with Crippen molar-refractivity contribution in [2.45, 2.75) is 32.0 Å². The van der Waals surface area contributed by atoms with Crippen LogP contribution in [0.2, 0.25) is 0 Å². The van der Waals surface area contributed by atoms with Gasteiger partial charge in [0.2, 0.25) is 0 Å². The number of ether oxygens (including phenoxy) is 1. The Bertz CT molecular complexity index is 816. The number of fused-ring (bicyclic) bond motifs is 1. The van der Waals surface area contributed by atoms with Crippen molar-refractivity contribution < 1.29 is 17.9 Å². The highest BCUT2D eigenvalue weighted by molar-refractivity contribution is 6.14. The van der Waals surface area contributed by atoms with Crippen molar-refractivity contribution in [3.63, 3.8) is 0 Å². The van der Waals surface area contributed by atoms with Crippen LogP contribution in [0.5, 0.6) is 5.75 Å². The topological polar surface area (TPSA) is 34.5 Å². The summed E-state index contributed by atoms with van der Waals surface area (Å²) in [5.41, 5.74) is -0.261. The average Bonchev–Trinajstić information content (AvgIpc) is 2.58. The minimum atomic E-state index is -3.09. The minimum absolute atomic E-state index is 0.0754. The van der Waals surface area contributed by atoms with Crippen LogP contribution in [0, 0.1) is 0 Å². The Balaban J connectivity index is 2.23. The van der Waals surface area contributed by atoms with Crippen LogP contribution in [0.4, 0.5) is 13.2 Å². The molecule has 2 aromatic rings. The fourth-order valence-corrected chi connectivity index (χ4v) is 2.80. The maximum absolute atomic E-state index is 14.7. The number of hydrogen-bond donors (Lipinski definition) is 0.